The fourth-order valence-electron chi connectivity index (χ4n) is 3.10. The predicted octanol–water partition coefficient (Wildman–Crippen LogP) is 3.15. The maximum absolute atomic E-state index is 12.5. The van der Waals surface area contributed by atoms with Crippen molar-refractivity contribution in [2.24, 2.45) is 0 Å². The van der Waals surface area contributed by atoms with Crippen LogP contribution in [0.15, 0.2) is 34.9 Å². The second-order valence-corrected chi connectivity index (χ2v) is 6.97. The normalized spacial score (nSPS) is 17.0. The molecule has 1 aromatic heterocycles. The number of hydrogen-bond acceptors (Lipinski definition) is 5. The van der Waals surface area contributed by atoms with Gasteiger partial charge in [0.2, 0.25) is 5.89 Å². The van der Waals surface area contributed by atoms with Crippen LogP contribution in [-0.2, 0) is 0 Å². The zero-order chi connectivity index (χ0) is 17.8. The van der Waals surface area contributed by atoms with Gasteiger partial charge in [-0.25, -0.2) is 0 Å². The van der Waals surface area contributed by atoms with E-state index in [9.17, 15) is 4.79 Å². The first-order chi connectivity index (χ1) is 12.0. The average molecular weight is 342 g/mol. The minimum absolute atomic E-state index is 0.0152. The van der Waals surface area contributed by atoms with Crippen molar-refractivity contribution in [2.45, 2.75) is 51.6 Å². The van der Waals surface area contributed by atoms with E-state index in [1.807, 2.05) is 56.0 Å². The number of amides is 1. The Morgan fingerprint density at radius 1 is 1.20 bits per heavy atom. The number of carbonyl (C=O) groups is 1. The number of piperidine rings is 1. The molecule has 6 nitrogen and oxygen atoms in total. The van der Waals surface area contributed by atoms with E-state index in [0.29, 0.717) is 11.9 Å². The van der Waals surface area contributed by atoms with Crippen molar-refractivity contribution in [3.8, 4) is 0 Å². The molecule has 1 aliphatic rings. The van der Waals surface area contributed by atoms with Crippen LogP contribution in [0.2, 0.25) is 0 Å². The van der Waals surface area contributed by atoms with Gasteiger partial charge < -0.3 is 14.7 Å². The molecule has 6 heteroatoms. The highest BCUT2D eigenvalue weighted by Gasteiger charge is 2.26. The van der Waals surface area contributed by atoms with Gasteiger partial charge in [0.05, 0.1) is 6.04 Å². The molecule has 3 rings (SSSR count). The number of nitrogens with zero attached hydrogens (tertiary/aromatic N) is 3. The van der Waals surface area contributed by atoms with Crippen molar-refractivity contribution >= 4 is 5.91 Å². The van der Waals surface area contributed by atoms with E-state index in [1.165, 1.54) is 0 Å². The fourth-order valence-corrected chi connectivity index (χ4v) is 3.10. The number of benzene rings is 1. The Morgan fingerprint density at radius 2 is 1.88 bits per heavy atom. The summed E-state index contributed by atoms with van der Waals surface area (Å²) in [4.78, 5) is 18.9. The summed E-state index contributed by atoms with van der Waals surface area (Å²) < 4.78 is 5.36. The standard InChI is InChI=1S/C19H26N4O2/c1-13(2)17-21-18(25-22-17)14(3)20-16-9-11-23(12-10-16)19(24)15-7-5-4-6-8-15/h4-8,13-14,16,20H,9-12H2,1-3H3/t14-/m0/s1. The first kappa shape index (κ1) is 17.6. The Morgan fingerprint density at radius 3 is 2.48 bits per heavy atom. The summed E-state index contributed by atoms with van der Waals surface area (Å²) in [5, 5.41) is 7.57. The van der Waals surface area contributed by atoms with Crippen LogP contribution in [0.5, 0.6) is 0 Å². The van der Waals surface area contributed by atoms with Crippen molar-refractivity contribution in [2.75, 3.05) is 13.1 Å². The summed E-state index contributed by atoms with van der Waals surface area (Å²) in [6, 6.07) is 9.84. The van der Waals surface area contributed by atoms with Crippen LogP contribution >= 0.6 is 0 Å². The lowest BCUT2D eigenvalue weighted by atomic mass is 10.0. The van der Waals surface area contributed by atoms with Crippen LogP contribution in [0.25, 0.3) is 0 Å². The number of likely N-dealkylation sites (tertiary alicyclic amines) is 1. The molecule has 0 unspecified atom stereocenters. The molecule has 1 fully saturated rings. The Bertz CT molecular complexity index is 690. The van der Waals surface area contributed by atoms with Gasteiger partial charge in [-0.2, -0.15) is 4.98 Å². The molecule has 1 aliphatic heterocycles. The van der Waals surface area contributed by atoms with Gasteiger partial charge in [0.15, 0.2) is 5.82 Å². The van der Waals surface area contributed by atoms with Crippen molar-refractivity contribution in [1.29, 1.82) is 0 Å². The largest absolute Gasteiger partial charge is 0.339 e. The van der Waals surface area contributed by atoms with Crippen LogP contribution < -0.4 is 5.32 Å². The maximum Gasteiger partial charge on any atom is 0.253 e. The molecule has 0 spiro atoms. The molecule has 2 heterocycles. The Balaban J connectivity index is 1.51. The SMILES string of the molecule is CC(C)c1noc([C@H](C)NC2CCN(C(=O)c3ccccc3)CC2)n1. The summed E-state index contributed by atoms with van der Waals surface area (Å²) in [5.41, 5.74) is 0.759. The fraction of sp³-hybridized carbons (Fsp3) is 0.526. The zero-order valence-electron chi connectivity index (χ0n) is 15.1. The lowest BCUT2D eigenvalue weighted by Gasteiger charge is -2.33. The van der Waals surface area contributed by atoms with Crippen LogP contribution in [0, 0.1) is 0 Å². The third-order valence-corrected chi connectivity index (χ3v) is 4.63. The van der Waals surface area contributed by atoms with Crippen molar-refractivity contribution in [3.05, 3.63) is 47.6 Å². The van der Waals surface area contributed by atoms with Gasteiger partial charge in [0, 0.05) is 30.6 Å². The minimum atomic E-state index is 0.0152. The number of rotatable bonds is 5. The molecule has 1 aromatic carbocycles. The molecule has 0 bridgehead atoms. The monoisotopic (exact) mass is 342 g/mol. The first-order valence-electron chi connectivity index (χ1n) is 8.98. The van der Waals surface area contributed by atoms with E-state index in [0.717, 1.165) is 37.3 Å². The summed E-state index contributed by atoms with van der Waals surface area (Å²) >= 11 is 0. The van der Waals surface area contributed by atoms with Crippen LogP contribution in [-0.4, -0.2) is 40.1 Å². The second kappa shape index (κ2) is 7.78. The lowest BCUT2D eigenvalue weighted by molar-refractivity contribution is 0.0700. The number of carbonyl (C=O) groups excluding carboxylic acids is 1. The van der Waals surface area contributed by atoms with Gasteiger partial charge in [0.25, 0.3) is 5.91 Å². The van der Waals surface area contributed by atoms with Crippen LogP contribution in [0.4, 0.5) is 0 Å². The Kier molecular flexibility index (Phi) is 5.48. The number of nitrogens with one attached hydrogen (secondary N) is 1. The minimum Gasteiger partial charge on any atom is -0.339 e. The molecular formula is C19H26N4O2. The molecule has 1 saturated heterocycles. The van der Waals surface area contributed by atoms with E-state index >= 15 is 0 Å². The molecule has 0 aliphatic carbocycles. The second-order valence-electron chi connectivity index (χ2n) is 6.97. The van der Waals surface area contributed by atoms with Gasteiger partial charge in [0.1, 0.15) is 0 Å². The molecule has 0 radical (unpaired) electrons. The van der Waals surface area contributed by atoms with E-state index in [1.54, 1.807) is 0 Å². The summed E-state index contributed by atoms with van der Waals surface area (Å²) in [6.07, 6.45) is 1.85. The van der Waals surface area contributed by atoms with Crippen molar-refractivity contribution in [3.63, 3.8) is 0 Å². The third kappa shape index (κ3) is 4.25. The zero-order valence-corrected chi connectivity index (χ0v) is 15.1. The molecule has 134 valence electrons. The molecule has 1 N–H and O–H groups in total. The van der Waals surface area contributed by atoms with Crippen LogP contribution in [0.1, 0.15) is 67.6 Å². The Labute approximate surface area is 148 Å². The quantitative estimate of drug-likeness (QED) is 0.904. The van der Waals surface area contributed by atoms with E-state index in [2.05, 4.69) is 15.5 Å². The van der Waals surface area contributed by atoms with E-state index in [4.69, 9.17) is 4.52 Å². The van der Waals surface area contributed by atoms with E-state index in [-0.39, 0.29) is 17.9 Å². The van der Waals surface area contributed by atoms with Gasteiger partial charge >= 0.3 is 0 Å². The molecule has 25 heavy (non-hydrogen) atoms. The van der Waals surface area contributed by atoms with E-state index < -0.39 is 0 Å². The highest BCUT2D eigenvalue weighted by atomic mass is 16.5. The lowest BCUT2D eigenvalue weighted by Crippen LogP contribution is -2.45. The van der Waals surface area contributed by atoms with Crippen molar-refractivity contribution < 1.29 is 9.32 Å². The molecule has 0 saturated carbocycles. The molecular weight excluding hydrogens is 316 g/mol. The Hall–Kier alpha value is -2.21. The molecule has 1 atom stereocenters. The van der Waals surface area contributed by atoms with Gasteiger partial charge in [-0.3, -0.25) is 4.79 Å². The molecule has 1 amide bonds. The number of aromatic nitrogens is 2. The van der Waals surface area contributed by atoms with Gasteiger partial charge in [-0.1, -0.05) is 37.2 Å². The van der Waals surface area contributed by atoms with Crippen molar-refractivity contribution in [1.82, 2.24) is 20.4 Å². The molecule has 2 aromatic rings. The smallest absolute Gasteiger partial charge is 0.253 e. The predicted molar refractivity (Wildman–Crippen MR) is 95.3 cm³/mol. The average Bonchev–Trinajstić information content (AvgIpc) is 3.13. The maximum atomic E-state index is 12.5. The van der Waals surface area contributed by atoms with Gasteiger partial charge in [-0.05, 0) is 31.9 Å². The summed E-state index contributed by atoms with van der Waals surface area (Å²) in [5.74, 6) is 1.75. The topological polar surface area (TPSA) is 71.3 Å². The summed E-state index contributed by atoms with van der Waals surface area (Å²) in [6.45, 7) is 7.66. The highest BCUT2D eigenvalue weighted by Crippen LogP contribution is 2.19. The third-order valence-electron chi connectivity index (χ3n) is 4.63. The highest BCUT2D eigenvalue weighted by molar-refractivity contribution is 5.94. The van der Waals surface area contributed by atoms with Gasteiger partial charge in [-0.15, -0.1) is 0 Å². The first-order valence-corrected chi connectivity index (χ1v) is 8.98. The summed E-state index contributed by atoms with van der Waals surface area (Å²) in [7, 11) is 0. The number of hydrogen-bond donors (Lipinski definition) is 1. The van der Waals surface area contributed by atoms with Crippen LogP contribution in [0.3, 0.4) is 0 Å².